The largest absolute Gasteiger partial charge is 0.343 e. The van der Waals surface area contributed by atoms with E-state index in [1.165, 1.54) is 18.2 Å². The first-order chi connectivity index (χ1) is 18.3. The molecule has 0 aliphatic carbocycles. The minimum Gasteiger partial charge on any atom is -0.343 e. The van der Waals surface area contributed by atoms with Crippen molar-refractivity contribution in [1.29, 1.82) is 0 Å². The second-order valence-electron chi connectivity index (χ2n) is 9.44. The lowest BCUT2D eigenvalue weighted by Gasteiger charge is -2.38. The third-order valence-corrected chi connectivity index (χ3v) is 6.06. The van der Waals surface area contributed by atoms with Crippen LogP contribution in [0.25, 0.3) is 17.1 Å². The Morgan fingerprint density at radius 3 is 2.38 bits per heavy atom. The summed E-state index contributed by atoms with van der Waals surface area (Å²) in [5, 5.41) is 3.47. The summed E-state index contributed by atoms with van der Waals surface area (Å²) in [6.07, 6.45) is 4.18. The molecular weight excluding hydrogens is 550 g/mol. The number of hydrogen-bond donors (Lipinski definition) is 3. The Morgan fingerprint density at radius 1 is 1.10 bits per heavy atom. The van der Waals surface area contributed by atoms with E-state index in [0.717, 1.165) is 5.69 Å². The molecule has 0 radical (unpaired) electrons. The van der Waals surface area contributed by atoms with Gasteiger partial charge in [-0.25, -0.2) is 18.7 Å². The van der Waals surface area contributed by atoms with Gasteiger partial charge in [-0.1, -0.05) is 31.5 Å². The lowest BCUT2D eigenvalue weighted by Crippen LogP contribution is -2.57. The van der Waals surface area contributed by atoms with Gasteiger partial charge >= 0.3 is 0 Å². The van der Waals surface area contributed by atoms with Crippen LogP contribution in [0.2, 0.25) is 5.02 Å². The number of imidazole rings is 1. The Labute approximate surface area is 230 Å². The summed E-state index contributed by atoms with van der Waals surface area (Å²) in [6, 6.07) is 14.3. The van der Waals surface area contributed by atoms with Gasteiger partial charge in [-0.05, 0) is 54.4 Å². The Kier molecular flexibility index (Phi) is 7.94. The van der Waals surface area contributed by atoms with Crippen molar-refractivity contribution in [2.75, 3.05) is 23.0 Å². The van der Waals surface area contributed by atoms with E-state index < -0.39 is 21.7 Å². The summed E-state index contributed by atoms with van der Waals surface area (Å²) >= 11 is 6.40. The molecule has 4 aromatic rings. The van der Waals surface area contributed by atoms with Crippen molar-refractivity contribution in [1.82, 2.24) is 14.5 Å². The molecule has 2 aromatic heterocycles. The number of anilines is 2. The van der Waals surface area contributed by atoms with Crippen molar-refractivity contribution < 1.29 is 21.8 Å². The summed E-state index contributed by atoms with van der Waals surface area (Å²) in [7, 11) is -3.67. The molecule has 0 bridgehead atoms. The number of halogens is 3. The van der Waals surface area contributed by atoms with Gasteiger partial charge in [-0.15, -0.1) is 0 Å². The highest BCUT2D eigenvalue weighted by atomic mass is 35.5. The first-order valence-corrected chi connectivity index (χ1v) is 14.0. The number of nitrogens with one attached hydrogen (secondary N) is 1. The third-order valence-electron chi connectivity index (χ3n) is 5.74. The predicted molar refractivity (Wildman–Crippen MR) is 147 cm³/mol. The van der Waals surface area contributed by atoms with Crippen LogP contribution in [0.5, 0.6) is 0 Å². The van der Waals surface area contributed by atoms with E-state index in [-0.39, 0.29) is 22.3 Å². The van der Waals surface area contributed by atoms with E-state index in [1.807, 2.05) is 23.2 Å². The molecule has 0 saturated heterocycles. The van der Waals surface area contributed by atoms with Gasteiger partial charge in [0.1, 0.15) is 17.3 Å². The molecule has 1 unspecified atom stereocenters. The first kappa shape index (κ1) is 28.4. The van der Waals surface area contributed by atoms with Crippen LogP contribution in [0.15, 0.2) is 67.1 Å². The van der Waals surface area contributed by atoms with Gasteiger partial charge < -0.3 is 14.8 Å². The van der Waals surface area contributed by atoms with Crippen LogP contribution in [-0.2, 0) is 15.9 Å². The lowest BCUT2D eigenvalue weighted by atomic mass is 10.1. The summed E-state index contributed by atoms with van der Waals surface area (Å²) in [5.74, 6) is -1.41. The zero-order valence-electron chi connectivity index (χ0n) is 21.3. The zero-order valence-corrected chi connectivity index (χ0v) is 22.9. The number of pyridine rings is 1. The number of fused-ring (bicyclic) bond motifs is 1. The van der Waals surface area contributed by atoms with Gasteiger partial charge in [0.25, 0.3) is 10.1 Å². The van der Waals surface area contributed by atoms with E-state index >= 15 is 0 Å². The van der Waals surface area contributed by atoms with Crippen LogP contribution in [0.1, 0.15) is 19.4 Å². The fourth-order valence-electron chi connectivity index (χ4n) is 4.20. The third kappa shape index (κ3) is 6.36. The Bertz CT molecular complexity index is 1570. The van der Waals surface area contributed by atoms with E-state index in [9.17, 15) is 17.2 Å². The fourth-order valence-corrected chi connectivity index (χ4v) is 4.51. The predicted octanol–water partition coefficient (Wildman–Crippen LogP) is 5.03. The monoisotopic (exact) mass is 576 g/mol. The van der Waals surface area contributed by atoms with Gasteiger partial charge in [0.2, 0.25) is 0 Å². The molecule has 5 rings (SSSR count). The zero-order chi connectivity index (χ0) is 28.5. The van der Waals surface area contributed by atoms with Crippen LogP contribution in [0.3, 0.4) is 0 Å². The summed E-state index contributed by atoms with van der Waals surface area (Å²) in [4.78, 5) is 11.2. The molecule has 2 aromatic carbocycles. The molecule has 39 heavy (non-hydrogen) atoms. The van der Waals surface area contributed by atoms with Crippen LogP contribution in [0, 0.1) is 17.6 Å². The molecule has 206 valence electrons. The van der Waals surface area contributed by atoms with Crippen molar-refractivity contribution in [2.45, 2.75) is 19.6 Å². The quantitative estimate of drug-likeness (QED) is 0.283. The number of aromatic nitrogens is 3. The van der Waals surface area contributed by atoms with E-state index in [0.29, 0.717) is 35.7 Å². The highest BCUT2D eigenvalue weighted by Gasteiger charge is 2.46. The normalized spacial score (nSPS) is 16.5. The molecule has 13 heteroatoms. The van der Waals surface area contributed by atoms with Gasteiger partial charge in [0.05, 0.1) is 34.6 Å². The van der Waals surface area contributed by atoms with Crippen molar-refractivity contribution in [3.63, 3.8) is 0 Å². The van der Waals surface area contributed by atoms with E-state index in [4.69, 9.17) is 26.9 Å². The molecular formula is C26H27ClF2N6O3S. The minimum atomic E-state index is -3.67. The van der Waals surface area contributed by atoms with E-state index in [2.05, 4.69) is 24.1 Å². The molecule has 3 heterocycles. The molecule has 0 fully saturated rings. The van der Waals surface area contributed by atoms with Gasteiger partial charge in [0.15, 0.2) is 11.6 Å². The minimum absolute atomic E-state index is 0.164. The maximum absolute atomic E-state index is 14.9. The molecule has 1 aliphatic rings. The molecule has 0 saturated carbocycles. The van der Waals surface area contributed by atoms with Gasteiger partial charge in [-0.3, -0.25) is 10.3 Å². The molecule has 9 nitrogen and oxygen atoms in total. The second kappa shape index (κ2) is 10.9. The number of rotatable bonds is 5. The maximum atomic E-state index is 14.9. The Hall–Kier alpha value is -3.58. The molecule has 0 amide bonds. The Morgan fingerprint density at radius 2 is 1.77 bits per heavy atom. The van der Waals surface area contributed by atoms with Crippen LogP contribution in [0.4, 0.5) is 20.3 Å². The fraction of sp³-hybridized carbons (Fsp3) is 0.231. The van der Waals surface area contributed by atoms with Crippen molar-refractivity contribution in [3.8, 4) is 17.1 Å². The summed E-state index contributed by atoms with van der Waals surface area (Å²) < 4.78 is 55.9. The highest BCUT2D eigenvalue weighted by Crippen LogP contribution is 2.44. The van der Waals surface area contributed by atoms with Gasteiger partial charge in [-0.2, -0.15) is 8.42 Å². The average molecular weight is 577 g/mol. The van der Waals surface area contributed by atoms with Crippen LogP contribution >= 0.6 is 11.6 Å². The maximum Gasteiger partial charge on any atom is 0.261 e. The van der Waals surface area contributed by atoms with Crippen molar-refractivity contribution in [3.05, 3.63) is 89.3 Å². The SMILES string of the molecule is CC(C)CN1c2nc(-c3cn(-c4ccc(F)cc4)cn3)ccc2NC1(N)c1c(F)cccc1Cl.CS(=O)(=O)O. The van der Waals surface area contributed by atoms with E-state index in [1.54, 1.807) is 35.2 Å². The first-order valence-electron chi connectivity index (χ1n) is 11.8. The number of hydrogen-bond acceptors (Lipinski definition) is 7. The lowest BCUT2D eigenvalue weighted by molar-refractivity contribution is 0.431. The molecule has 4 N–H and O–H groups in total. The van der Waals surface area contributed by atoms with Gasteiger partial charge in [0, 0.05) is 18.4 Å². The van der Waals surface area contributed by atoms with Crippen LogP contribution < -0.4 is 16.0 Å². The Balaban J connectivity index is 0.000000648. The topological polar surface area (TPSA) is 126 Å². The molecule has 0 spiro atoms. The standard InChI is InChI=1S/C25H23ClF2N6.CH4O3S/c1-15(2)12-34-24-21(32-25(34,29)23-18(26)4-3-5-19(23)28)11-10-20(31-24)22-13-33(14-30-22)17-8-6-16(27)7-9-17;1-5(2,3)4/h3-11,13-15,32H,12,29H2,1-2H3;1H3,(H,2,3,4). The summed E-state index contributed by atoms with van der Waals surface area (Å²) in [5.41, 5.74) is 9.68. The summed E-state index contributed by atoms with van der Waals surface area (Å²) in [6.45, 7) is 4.62. The molecule has 1 aliphatic heterocycles. The average Bonchev–Trinajstić information content (AvgIpc) is 3.42. The number of benzene rings is 2. The number of nitrogens with two attached hydrogens (primary N) is 1. The highest BCUT2D eigenvalue weighted by molar-refractivity contribution is 7.85. The van der Waals surface area contributed by atoms with Crippen molar-refractivity contribution >= 4 is 33.2 Å². The van der Waals surface area contributed by atoms with Crippen LogP contribution in [-0.4, -0.2) is 40.3 Å². The second-order valence-corrected chi connectivity index (χ2v) is 11.3. The smallest absolute Gasteiger partial charge is 0.261 e. The van der Waals surface area contributed by atoms with Crippen molar-refractivity contribution in [2.24, 2.45) is 11.7 Å². The molecule has 1 atom stereocenters. The number of nitrogens with zero attached hydrogens (tertiary/aromatic N) is 4.